The van der Waals surface area contributed by atoms with Gasteiger partial charge in [0, 0.05) is 64.9 Å². The molecule has 6 aromatic carbocycles. The molecule has 0 bridgehead atoms. The molecule has 0 aliphatic heterocycles. The summed E-state index contributed by atoms with van der Waals surface area (Å²) in [5.41, 5.74) is 11.0. The molecule has 1 aliphatic carbocycles. The van der Waals surface area contributed by atoms with Gasteiger partial charge in [0.2, 0.25) is 0 Å². The van der Waals surface area contributed by atoms with E-state index in [1.165, 1.54) is 47.8 Å². The van der Waals surface area contributed by atoms with Gasteiger partial charge in [0.15, 0.2) is 17.5 Å². The highest BCUT2D eigenvalue weighted by atomic mass is 32.1. The summed E-state index contributed by atoms with van der Waals surface area (Å²) in [7, 11) is 0. The molecule has 6 heteroatoms. The summed E-state index contributed by atoms with van der Waals surface area (Å²) in [5, 5.41) is 4.90. The Morgan fingerprint density at radius 1 is 0.491 bits per heavy atom. The van der Waals surface area contributed by atoms with Crippen LogP contribution in [0.4, 0.5) is 0 Å². The fourth-order valence-electron chi connectivity index (χ4n) is 8.29. The molecule has 0 fully saturated rings. The Morgan fingerprint density at radius 3 is 2.02 bits per heavy atom. The molecule has 0 saturated carbocycles. The van der Waals surface area contributed by atoms with Gasteiger partial charge in [-0.25, -0.2) is 19.9 Å². The van der Waals surface area contributed by atoms with Gasteiger partial charge in [-0.3, -0.25) is 4.57 Å². The van der Waals surface area contributed by atoms with Crippen LogP contribution in [0.2, 0.25) is 0 Å². The zero-order valence-corrected chi connectivity index (χ0v) is 29.9. The van der Waals surface area contributed by atoms with Gasteiger partial charge in [-0.1, -0.05) is 111 Å². The van der Waals surface area contributed by atoms with Crippen LogP contribution >= 0.6 is 11.3 Å². The Morgan fingerprint density at radius 2 is 1.17 bits per heavy atom. The molecule has 0 radical (unpaired) electrons. The minimum atomic E-state index is -0.204. The summed E-state index contributed by atoms with van der Waals surface area (Å²) in [6.07, 6.45) is 1.88. The third-order valence-corrected chi connectivity index (χ3v) is 12.0. The molecule has 11 rings (SSSR count). The molecule has 5 nitrogen and oxygen atoms in total. The van der Waals surface area contributed by atoms with E-state index in [1.807, 2.05) is 30.5 Å². The van der Waals surface area contributed by atoms with Crippen LogP contribution < -0.4 is 0 Å². The van der Waals surface area contributed by atoms with E-state index in [0.717, 1.165) is 38.9 Å². The number of benzene rings is 6. The lowest BCUT2D eigenvalue weighted by Gasteiger charge is -2.22. The Hall–Kier alpha value is -6.50. The van der Waals surface area contributed by atoms with Crippen molar-refractivity contribution in [2.75, 3.05) is 0 Å². The van der Waals surface area contributed by atoms with Gasteiger partial charge in [0.05, 0.1) is 5.52 Å². The summed E-state index contributed by atoms with van der Waals surface area (Å²) in [6, 6.07) is 51.7. The molecule has 0 atom stereocenters. The quantitative estimate of drug-likeness (QED) is 0.184. The predicted molar refractivity (Wildman–Crippen MR) is 219 cm³/mol. The maximum absolute atomic E-state index is 5.16. The number of aromatic nitrogens is 5. The van der Waals surface area contributed by atoms with E-state index in [-0.39, 0.29) is 5.41 Å². The molecule has 53 heavy (non-hydrogen) atoms. The molecular weight excluding hydrogens is 667 g/mol. The van der Waals surface area contributed by atoms with Crippen LogP contribution in [0.5, 0.6) is 0 Å². The Balaban J connectivity index is 1.06. The van der Waals surface area contributed by atoms with E-state index in [1.54, 1.807) is 11.3 Å². The fourth-order valence-corrected chi connectivity index (χ4v) is 9.44. The Bertz CT molecular complexity index is 3050. The molecule has 0 unspecified atom stereocenters. The number of pyridine rings is 1. The normalized spacial score (nSPS) is 13.2. The van der Waals surface area contributed by atoms with Crippen molar-refractivity contribution < 1.29 is 0 Å². The standard InChI is InChI=1S/C47H31N5S/c1-47(2)38-23-19-29(25-37(38)32-22-20-31(27-39(32)47)52-40-16-8-6-13-33(40)36-15-10-24-48-46(36)52)44-49-43(28-11-4-3-5-12-28)50-45(51-44)30-18-21-35-34-14-7-9-17-41(34)53-42(35)26-30/h3-27H,1-2H3. The fraction of sp³-hybridized carbons (Fsp3) is 0.0638. The number of para-hydroxylation sites is 1. The van der Waals surface area contributed by atoms with Crippen LogP contribution in [0.1, 0.15) is 25.0 Å². The van der Waals surface area contributed by atoms with Crippen LogP contribution in [0.3, 0.4) is 0 Å². The van der Waals surface area contributed by atoms with E-state index < -0.39 is 0 Å². The highest BCUT2D eigenvalue weighted by Crippen LogP contribution is 2.50. The van der Waals surface area contributed by atoms with Crippen LogP contribution in [-0.4, -0.2) is 24.5 Å². The zero-order valence-electron chi connectivity index (χ0n) is 29.1. The zero-order chi connectivity index (χ0) is 35.3. The van der Waals surface area contributed by atoms with Crippen molar-refractivity contribution in [3.8, 4) is 51.0 Å². The van der Waals surface area contributed by atoms with Gasteiger partial charge < -0.3 is 0 Å². The second-order valence-electron chi connectivity index (χ2n) is 14.3. The summed E-state index contributed by atoms with van der Waals surface area (Å²) < 4.78 is 4.80. The van der Waals surface area contributed by atoms with Crippen molar-refractivity contribution in [2.45, 2.75) is 19.3 Å². The SMILES string of the molecule is CC1(C)c2ccc(-c3nc(-c4ccccc4)nc(-c4ccc5c(c4)sc4ccccc45)n3)cc2-c2ccc(-n3c4ccccc4c4cccnc43)cc21. The first-order valence-corrected chi connectivity index (χ1v) is 18.7. The van der Waals surface area contributed by atoms with Crippen molar-refractivity contribution in [3.63, 3.8) is 0 Å². The van der Waals surface area contributed by atoms with Crippen molar-refractivity contribution in [2.24, 2.45) is 0 Å². The van der Waals surface area contributed by atoms with Crippen molar-refractivity contribution in [3.05, 3.63) is 163 Å². The first kappa shape index (κ1) is 30.2. The average molecular weight is 698 g/mol. The first-order valence-electron chi connectivity index (χ1n) is 17.9. The van der Waals surface area contributed by atoms with Crippen molar-refractivity contribution in [1.29, 1.82) is 0 Å². The second-order valence-corrected chi connectivity index (χ2v) is 15.4. The van der Waals surface area contributed by atoms with Gasteiger partial charge >= 0.3 is 0 Å². The summed E-state index contributed by atoms with van der Waals surface area (Å²) in [5.74, 6) is 1.99. The summed E-state index contributed by atoms with van der Waals surface area (Å²) >= 11 is 1.80. The molecule has 0 spiro atoms. The minimum Gasteiger partial charge on any atom is -0.294 e. The van der Waals surface area contributed by atoms with Gasteiger partial charge in [-0.15, -0.1) is 11.3 Å². The number of fused-ring (bicyclic) bond motifs is 9. The molecule has 0 saturated heterocycles. The maximum Gasteiger partial charge on any atom is 0.164 e. The smallest absolute Gasteiger partial charge is 0.164 e. The van der Waals surface area contributed by atoms with Crippen molar-refractivity contribution in [1.82, 2.24) is 24.5 Å². The molecule has 10 aromatic rings. The topological polar surface area (TPSA) is 56.5 Å². The van der Waals surface area contributed by atoms with Gasteiger partial charge in [-0.05, 0) is 70.8 Å². The van der Waals surface area contributed by atoms with Crippen LogP contribution in [0, 0.1) is 0 Å². The second kappa shape index (κ2) is 11.2. The van der Waals surface area contributed by atoms with E-state index in [0.29, 0.717) is 17.5 Å². The molecule has 4 heterocycles. The number of rotatable bonds is 4. The Kier molecular flexibility index (Phi) is 6.40. The number of nitrogens with zero attached hydrogens (tertiary/aromatic N) is 5. The average Bonchev–Trinajstić information content (AvgIpc) is 3.83. The molecule has 250 valence electrons. The lowest BCUT2D eigenvalue weighted by molar-refractivity contribution is 0.660. The number of thiophene rings is 1. The largest absolute Gasteiger partial charge is 0.294 e. The lowest BCUT2D eigenvalue weighted by Crippen LogP contribution is -2.15. The predicted octanol–water partition coefficient (Wildman–Crippen LogP) is 12.0. The van der Waals surface area contributed by atoms with E-state index in [4.69, 9.17) is 19.9 Å². The monoisotopic (exact) mass is 697 g/mol. The molecular formula is C47H31N5S. The molecule has 1 aliphatic rings. The van der Waals surface area contributed by atoms with E-state index >= 15 is 0 Å². The van der Waals surface area contributed by atoms with Crippen molar-refractivity contribution >= 4 is 53.4 Å². The highest BCUT2D eigenvalue weighted by Gasteiger charge is 2.36. The number of hydrogen-bond acceptors (Lipinski definition) is 5. The van der Waals surface area contributed by atoms with Crippen LogP contribution in [0.15, 0.2) is 152 Å². The Labute approximate surface area is 309 Å². The molecule has 0 amide bonds. The molecule has 4 aromatic heterocycles. The highest BCUT2D eigenvalue weighted by molar-refractivity contribution is 7.25. The summed E-state index contributed by atoms with van der Waals surface area (Å²) in [4.78, 5) is 20.1. The third-order valence-electron chi connectivity index (χ3n) is 10.9. The van der Waals surface area contributed by atoms with E-state index in [2.05, 4.69) is 140 Å². The maximum atomic E-state index is 5.16. The first-order chi connectivity index (χ1) is 26.0. The van der Waals surface area contributed by atoms with Gasteiger partial charge in [0.25, 0.3) is 0 Å². The van der Waals surface area contributed by atoms with Crippen LogP contribution in [0.25, 0.3) is 93.1 Å². The lowest BCUT2D eigenvalue weighted by atomic mass is 9.82. The summed E-state index contributed by atoms with van der Waals surface area (Å²) in [6.45, 7) is 4.65. The number of hydrogen-bond donors (Lipinski definition) is 0. The van der Waals surface area contributed by atoms with Gasteiger partial charge in [0.1, 0.15) is 5.65 Å². The molecule has 0 N–H and O–H groups in total. The van der Waals surface area contributed by atoms with Crippen LogP contribution in [-0.2, 0) is 5.41 Å². The van der Waals surface area contributed by atoms with Gasteiger partial charge in [-0.2, -0.15) is 0 Å². The third kappa shape index (κ3) is 4.55. The minimum absolute atomic E-state index is 0.204. The van der Waals surface area contributed by atoms with E-state index in [9.17, 15) is 0 Å².